The number of methoxy groups -OCH3 is 1. The van der Waals surface area contributed by atoms with Crippen LogP contribution in [-0.2, 0) is 0 Å². The van der Waals surface area contributed by atoms with Crippen LogP contribution in [-0.4, -0.2) is 41.9 Å². The van der Waals surface area contributed by atoms with Gasteiger partial charge in [-0.3, -0.25) is 4.79 Å². The zero-order chi connectivity index (χ0) is 14.5. The molecule has 20 heavy (non-hydrogen) atoms. The second-order valence-electron chi connectivity index (χ2n) is 4.93. The maximum absolute atomic E-state index is 12.4. The van der Waals surface area contributed by atoms with Gasteiger partial charge in [0.25, 0.3) is 5.91 Å². The Morgan fingerprint density at radius 1 is 1.45 bits per heavy atom. The second kappa shape index (κ2) is 6.41. The molecule has 0 saturated carbocycles. The van der Waals surface area contributed by atoms with Gasteiger partial charge in [-0.1, -0.05) is 12.1 Å². The van der Waals surface area contributed by atoms with Gasteiger partial charge >= 0.3 is 0 Å². The highest BCUT2D eigenvalue weighted by Crippen LogP contribution is 2.20. The zero-order valence-electron chi connectivity index (χ0n) is 11.9. The van der Waals surface area contributed by atoms with Crippen LogP contribution in [0.25, 0.3) is 0 Å². The van der Waals surface area contributed by atoms with Crippen LogP contribution in [0.4, 0.5) is 0 Å². The van der Waals surface area contributed by atoms with Gasteiger partial charge in [0.1, 0.15) is 5.75 Å². The Hall–Kier alpha value is -2.04. The lowest BCUT2D eigenvalue weighted by atomic mass is 9.93. The maximum Gasteiger partial charge on any atom is 0.253 e. The minimum atomic E-state index is 0.0168. The van der Waals surface area contributed by atoms with Crippen LogP contribution in [0, 0.1) is 5.92 Å². The Labute approximate surface area is 118 Å². The van der Waals surface area contributed by atoms with E-state index >= 15 is 0 Å². The lowest BCUT2D eigenvalue weighted by Gasteiger charge is -2.32. The van der Waals surface area contributed by atoms with E-state index < -0.39 is 0 Å². The molecule has 1 fully saturated rings. The van der Waals surface area contributed by atoms with Crippen LogP contribution in [0.3, 0.4) is 0 Å². The van der Waals surface area contributed by atoms with E-state index in [9.17, 15) is 4.79 Å². The van der Waals surface area contributed by atoms with Gasteiger partial charge in [-0.25, -0.2) is 0 Å². The molecule has 0 bridgehead atoms. The van der Waals surface area contributed by atoms with Crippen LogP contribution >= 0.6 is 0 Å². The molecule has 1 atom stereocenters. The fraction of sp³-hybridized carbons (Fsp3) is 0.467. The molecule has 5 nitrogen and oxygen atoms in total. The summed E-state index contributed by atoms with van der Waals surface area (Å²) in [6, 6.07) is 7.12. The molecule has 0 radical (unpaired) electrons. The van der Waals surface area contributed by atoms with Crippen molar-refractivity contribution in [1.29, 1.82) is 0 Å². The summed E-state index contributed by atoms with van der Waals surface area (Å²) in [4.78, 5) is 14.3. The zero-order valence-corrected chi connectivity index (χ0v) is 11.9. The average Bonchev–Trinajstić information content (AvgIpc) is 2.53. The monoisotopic (exact) mass is 276 g/mol. The molecule has 1 amide bonds. The highest BCUT2D eigenvalue weighted by atomic mass is 16.5. The number of hydrogen-bond acceptors (Lipinski definition) is 4. The molecule has 1 unspecified atom stereocenters. The number of hydrogen-bond donors (Lipinski definition) is 1. The van der Waals surface area contributed by atoms with Crippen molar-refractivity contribution in [2.75, 3.05) is 20.2 Å². The molecule has 1 aromatic rings. The molecule has 0 spiro atoms. The van der Waals surface area contributed by atoms with E-state index in [1.807, 2.05) is 11.8 Å². The summed E-state index contributed by atoms with van der Waals surface area (Å²) in [5.41, 5.74) is 1.45. The van der Waals surface area contributed by atoms with E-state index in [0.717, 1.165) is 17.9 Å². The van der Waals surface area contributed by atoms with Crippen LogP contribution in [0.15, 0.2) is 29.4 Å². The number of ether oxygens (including phenoxy) is 1. The van der Waals surface area contributed by atoms with Gasteiger partial charge in [0.15, 0.2) is 0 Å². The molecule has 1 saturated heterocycles. The first-order chi connectivity index (χ1) is 9.69. The molecule has 0 aliphatic carbocycles. The Kier molecular flexibility index (Phi) is 4.61. The highest BCUT2D eigenvalue weighted by Gasteiger charge is 2.28. The van der Waals surface area contributed by atoms with Crippen molar-refractivity contribution < 1.29 is 14.7 Å². The van der Waals surface area contributed by atoms with E-state index in [0.29, 0.717) is 25.1 Å². The van der Waals surface area contributed by atoms with Gasteiger partial charge in [0, 0.05) is 31.0 Å². The molecule has 1 N–H and O–H groups in total. The standard InChI is InChI=1S/C15H20N2O3/c1-3-11-10-17(9-8-14(11)16-19)15(18)12-4-6-13(20-2)7-5-12/h4-7,11,19H,3,8-10H2,1-2H3/b16-14+. The van der Waals surface area contributed by atoms with Gasteiger partial charge in [-0.15, -0.1) is 0 Å². The summed E-state index contributed by atoms with van der Waals surface area (Å²) in [5, 5.41) is 12.3. The summed E-state index contributed by atoms with van der Waals surface area (Å²) in [6.07, 6.45) is 1.50. The summed E-state index contributed by atoms with van der Waals surface area (Å²) >= 11 is 0. The lowest BCUT2D eigenvalue weighted by Crippen LogP contribution is -2.44. The number of likely N-dealkylation sites (tertiary alicyclic amines) is 1. The largest absolute Gasteiger partial charge is 0.497 e. The van der Waals surface area contributed by atoms with Crippen molar-refractivity contribution in [3.63, 3.8) is 0 Å². The third kappa shape index (κ3) is 2.92. The van der Waals surface area contributed by atoms with E-state index in [4.69, 9.17) is 9.94 Å². The average molecular weight is 276 g/mol. The number of carbonyl (C=O) groups is 1. The highest BCUT2D eigenvalue weighted by molar-refractivity contribution is 5.96. The summed E-state index contributed by atoms with van der Waals surface area (Å²) in [7, 11) is 1.60. The van der Waals surface area contributed by atoms with E-state index in [1.54, 1.807) is 31.4 Å². The lowest BCUT2D eigenvalue weighted by molar-refractivity contribution is 0.0729. The van der Waals surface area contributed by atoms with Crippen LogP contribution < -0.4 is 4.74 Å². The quantitative estimate of drug-likeness (QED) is 0.681. The molecule has 0 aromatic heterocycles. The van der Waals surface area contributed by atoms with Crippen molar-refractivity contribution >= 4 is 11.6 Å². The third-order valence-electron chi connectivity index (χ3n) is 3.80. The molecule has 1 aliphatic heterocycles. The fourth-order valence-corrected chi connectivity index (χ4v) is 2.51. The van der Waals surface area contributed by atoms with E-state index in [1.165, 1.54) is 0 Å². The van der Waals surface area contributed by atoms with Gasteiger partial charge in [-0.05, 0) is 30.7 Å². The minimum absolute atomic E-state index is 0.0168. The van der Waals surface area contributed by atoms with Gasteiger partial charge in [-0.2, -0.15) is 0 Å². The fourth-order valence-electron chi connectivity index (χ4n) is 2.51. The number of oxime groups is 1. The smallest absolute Gasteiger partial charge is 0.253 e. The van der Waals surface area contributed by atoms with E-state index in [-0.39, 0.29) is 11.8 Å². The van der Waals surface area contributed by atoms with Gasteiger partial charge in [0.2, 0.25) is 0 Å². The molecule has 2 rings (SSSR count). The molecule has 108 valence electrons. The number of benzene rings is 1. The Bertz CT molecular complexity index is 496. The van der Waals surface area contributed by atoms with Crippen molar-refractivity contribution in [2.45, 2.75) is 19.8 Å². The van der Waals surface area contributed by atoms with Crippen LogP contribution in [0.1, 0.15) is 30.1 Å². The molecular weight excluding hydrogens is 256 g/mol. The summed E-state index contributed by atoms with van der Waals surface area (Å²) in [5.74, 6) is 0.903. The molecule has 1 aliphatic rings. The number of carbonyl (C=O) groups excluding carboxylic acids is 1. The first kappa shape index (κ1) is 14.4. The Morgan fingerprint density at radius 3 is 2.70 bits per heavy atom. The maximum atomic E-state index is 12.4. The molecular formula is C15H20N2O3. The molecule has 1 aromatic carbocycles. The van der Waals surface area contributed by atoms with E-state index in [2.05, 4.69) is 5.16 Å². The van der Waals surface area contributed by atoms with Crippen molar-refractivity contribution in [3.05, 3.63) is 29.8 Å². The second-order valence-corrected chi connectivity index (χ2v) is 4.93. The predicted molar refractivity (Wildman–Crippen MR) is 76.5 cm³/mol. The topological polar surface area (TPSA) is 62.1 Å². The van der Waals surface area contributed by atoms with Crippen LogP contribution in [0.2, 0.25) is 0 Å². The normalized spacial score (nSPS) is 21.0. The SMILES string of the molecule is CCC1CN(C(=O)c2ccc(OC)cc2)CC/C1=N\O. The Morgan fingerprint density at radius 2 is 2.15 bits per heavy atom. The minimum Gasteiger partial charge on any atom is -0.497 e. The van der Waals surface area contributed by atoms with Gasteiger partial charge in [0.05, 0.1) is 12.8 Å². The third-order valence-corrected chi connectivity index (χ3v) is 3.80. The van der Waals surface area contributed by atoms with Crippen molar-refractivity contribution in [1.82, 2.24) is 4.90 Å². The number of nitrogens with zero attached hydrogens (tertiary/aromatic N) is 2. The van der Waals surface area contributed by atoms with Crippen LogP contribution in [0.5, 0.6) is 5.75 Å². The number of rotatable bonds is 3. The van der Waals surface area contributed by atoms with Gasteiger partial charge < -0.3 is 14.8 Å². The summed E-state index contributed by atoms with van der Waals surface area (Å²) < 4.78 is 5.09. The first-order valence-electron chi connectivity index (χ1n) is 6.83. The molecule has 1 heterocycles. The number of amides is 1. The Balaban J connectivity index is 2.09. The number of piperidine rings is 1. The molecule has 5 heteroatoms. The van der Waals surface area contributed by atoms with Crippen molar-refractivity contribution in [2.24, 2.45) is 11.1 Å². The van der Waals surface area contributed by atoms with Crippen molar-refractivity contribution in [3.8, 4) is 5.75 Å². The first-order valence-corrected chi connectivity index (χ1v) is 6.83. The predicted octanol–water partition coefficient (Wildman–Crippen LogP) is 2.40. The summed E-state index contributed by atoms with van der Waals surface area (Å²) in [6.45, 7) is 3.25.